The molecule has 0 radical (unpaired) electrons. The molecule has 82 valence electrons. The van der Waals surface area contributed by atoms with Crippen molar-refractivity contribution in [1.29, 1.82) is 0 Å². The summed E-state index contributed by atoms with van der Waals surface area (Å²) < 4.78 is 0. The number of aromatic nitrogens is 2. The van der Waals surface area contributed by atoms with Crippen molar-refractivity contribution < 1.29 is 0 Å². The molecular weight excluding hydrogens is 263 g/mol. The van der Waals surface area contributed by atoms with Crippen molar-refractivity contribution in [2.45, 2.75) is 10.9 Å². The molecular formula is C11H8Cl2N2S. The Balaban J connectivity index is 2.11. The summed E-state index contributed by atoms with van der Waals surface area (Å²) in [5, 5.41) is 2.07. The molecule has 0 saturated carbocycles. The molecule has 0 saturated heterocycles. The third kappa shape index (κ3) is 2.88. The molecule has 1 aromatic carbocycles. The molecule has 16 heavy (non-hydrogen) atoms. The molecule has 0 aliphatic heterocycles. The number of thioether (sulfide) groups is 1. The van der Waals surface area contributed by atoms with E-state index >= 15 is 0 Å². The van der Waals surface area contributed by atoms with Gasteiger partial charge in [0.2, 0.25) is 0 Å². The van der Waals surface area contributed by atoms with E-state index in [4.69, 9.17) is 23.2 Å². The summed E-state index contributed by atoms with van der Waals surface area (Å²) in [5.74, 6) is 0.669. The molecule has 2 nitrogen and oxygen atoms in total. The van der Waals surface area contributed by atoms with Gasteiger partial charge in [-0.25, -0.2) is 9.97 Å². The number of hydrogen-bond acceptors (Lipinski definition) is 3. The van der Waals surface area contributed by atoms with Crippen LogP contribution in [-0.2, 0) is 5.75 Å². The number of halogens is 2. The van der Waals surface area contributed by atoms with Crippen LogP contribution in [0.5, 0.6) is 0 Å². The van der Waals surface area contributed by atoms with E-state index in [2.05, 4.69) is 9.97 Å². The molecule has 0 fully saturated rings. The Morgan fingerprint density at radius 2 is 1.62 bits per heavy atom. The monoisotopic (exact) mass is 270 g/mol. The van der Waals surface area contributed by atoms with Crippen molar-refractivity contribution in [3.05, 3.63) is 52.3 Å². The van der Waals surface area contributed by atoms with Crippen LogP contribution in [0.25, 0.3) is 0 Å². The van der Waals surface area contributed by atoms with Gasteiger partial charge in [0.25, 0.3) is 0 Å². The minimum atomic E-state index is 0.669. The van der Waals surface area contributed by atoms with Crippen LogP contribution in [-0.4, -0.2) is 9.97 Å². The summed E-state index contributed by atoms with van der Waals surface area (Å²) in [6.07, 6.45) is 3.42. The average Bonchev–Trinajstić information content (AvgIpc) is 2.30. The lowest BCUT2D eigenvalue weighted by molar-refractivity contribution is 0.966. The largest absolute Gasteiger partial charge is 0.231 e. The topological polar surface area (TPSA) is 25.8 Å². The standard InChI is InChI=1S/C11H8Cl2N2S/c12-9-3-1-4-10(13)8(9)7-16-11-14-5-2-6-15-11/h1-6H,7H2. The maximum Gasteiger partial charge on any atom is 0.187 e. The second kappa shape index (κ2) is 5.53. The van der Waals surface area contributed by atoms with Gasteiger partial charge in [-0.2, -0.15) is 0 Å². The molecule has 5 heteroatoms. The lowest BCUT2D eigenvalue weighted by Crippen LogP contribution is -1.88. The maximum absolute atomic E-state index is 6.06. The molecule has 2 aromatic rings. The van der Waals surface area contributed by atoms with Gasteiger partial charge in [0.1, 0.15) is 0 Å². The molecule has 1 aromatic heterocycles. The molecule has 0 spiro atoms. The van der Waals surface area contributed by atoms with Crippen molar-refractivity contribution in [1.82, 2.24) is 9.97 Å². The summed E-state index contributed by atoms with van der Waals surface area (Å²) in [4.78, 5) is 8.24. The fourth-order valence-corrected chi connectivity index (χ4v) is 2.71. The van der Waals surface area contributed by atoms with E-state index in [1.807, 2.05) is 18.2 Å². The van der Waals surface area contributed by atoms with E-state index in [-0.39, 0.29) is 0 Å². The van der Waals surface area contributed by atoms with E-state index in [1.54, 1.807) is 18.5 Å². The van der Waals surface area contributed by atoms with Gasteiger partial charge >= 0.3 is 0 Å². The summed E-state index contributed by atoms with van der Waals surface area (Å²) >= 11 is 13.6. The maximum atomic E-state index is 6.06. The van der Waals surface area contributed by atoms with Crippen molar-refractivity contribution in [2.75, 3.05) is 0 Å². The highest BCUT2D eigenvalue weighted by Gasteiger charge is 2.06. The molecule has 0 aliphatic carbocycles. The van der Waals surface area contributed by atoms with Crippen LogP contribution < -0.4 is 0 Å². The zero-order valence-electron chi connectivity index (χ0n) is 8.23. The fourth-order valence-electron chi connectivity index (χ4n) is 1.17. The van der Waals surface area contributed by atoms with Crippen LogP contribution in [0.4, 0.5) is 0 Å². The van der Waals surface area contributed by atoms with E-state index in [9.17, 15) is 0 Å². The number of nitrogens with zero attached hydrogens (tertiary/aromatic N) is 2. The Morgan fingerprint density at radius 3 is 2.25 bits per heavy atom. The van der Waals surface area contributed by atoms with Gasteiger partial charge in [0.05, 0.1) is 0 Å². The van der Waals surface area contributed by atoms with Crippen LogP contribution in [0.3, 0.4) is 0 Å². The van der Waals surface area contributed by atoms with Crippen molar-refractivity contribution in [3.63, 3.8) is 0 Å². The summed E-state index contributed by atoms with van der Waals surface area (Å²) in [6, 6.07) is 7.27. The third-order valence-electron chi connectivity index (χ3n) is 1.95. The average molecular weight is 271 g/mol. The van der Waals surface area contributed by atoms with Gasteiger partial charge in [0.15, 0.2) is 5.16 Å². The highest BCUT2D eigenvalue weighted by molar-refractivity contribution is 7.98. The first-order valence-corrected chi connectivity index (χ1v) is 6.34. The second-order valence-electron chi connectivity index (χ2n) is 3.02. The summed E-state index contributed by atoms with van der Waals surface area (Å²) in [5.41, 5.74) is 0.920. The number of rotatable bonds is 3. The van der Waals surface area contributed by atoms with Crippen LogP contribution in [0.2, 0.25) is 10.0 Å². The van der Waals surface area contributed by atoms with E-state index < -0.39 is 0 Å². The quantitative estimate of drug-likeness (QED) is 0.621. The zero-order chi connectivity index (χ0) is 11.4. The summed E-state index contributed by atoms with van der Waals surface area (Å²) in [7, 11) is 0. The number of benzene rings is 1. The first-order chi connectivity index (χ1) is 7.77. The van der Waals surface area contributed by atoms with Crippen molar-refractivity contribution in [2.24, 2.45) is 0 Å². The molecule has 0 aliphatic rings. The van der Waals surface area contributed by atoms with Crippen LogP contribution in [0.15, 0.2) is 41.8 Å². The first kappa shape index (κ1) is 11.7. The lowest BCUT2D eigenvalue weighted by Gasteiger charge is -2.05. The Hall–Kier alpha value is -0.770. The fraction of sp³-hybridized carbons (Fsp3) is 0.0909. The van der Waals surface area contributed by atoms with Crippen LogP contribution >= 0.6 is 35.0 Å². The predicted octanol–water partition coefficient (Wildman–Crippen LogP) is 4.08. The lowest BCUT2D eigenvalue weighted by atomic mass is 10.2. The molecule has 0 unspecified atom stereocenters. The molecule has 2 rings (SSSR count). The predicted molar refractivity (Wildman–Crippen MR) is 68.1 cm³/mol. The Morgan fingerprint density at radius 1 is 1.00 bits per heavy atom. The highest BCUT2D eigenvalue weighted by atomic mass is 35.5. The summed E-state index contributed by atoms with van der Waals surface area (Å²) in [6.45, 7) is 0. The van der Waals surface area contributed by atoms with Gasteiger partial charge in [-0.15, -0.1) is 0 Å². The minimum absolute atomic E-state index is 0.669. The van der Waals surface area contributed by atoms with Gasteiger partial charge in [-0.3, -0.25) is 0 Å². The van der Waals surface area contributed by atoms with Gasteiger partial charge in [-0.1, -0.05) is 41.0 Å². The normalized spacial score (nSPS) is 10.4. The van der Waals surface area contributed by atoms with Gasteiger partial charge in [0, 0.05) is 28.2 Å². The Labute approximate surface area is 108 Å². The third-order valence-corrected chi connectivity index (χ3v) is 3.56. The minimum Gasteiger partial charge on any atom is -0.231 e. The molecule has 0 bridgehead atoms. The van der Waals surface area contributed by atoms with E-state index in [0.717, 1.165) is 10.7 Å². The molecule has 0 N–H and O–H groups in total. The molecule has 1 heterocycles. The van der Waals surface area contributed by atoms with Crippen LogP contribution in [0.1, 0.15) is 5.56 Å². The van der Waals surface area contributed by atoms with Crippen LogP contribution in [0, 0.1) is 0 Å². The molecule has 0 amide bonds. The smallest absolute Gasteiger partial charge is 0.187 e. The first-order valence-electron chi connectivity index (χ1n) is 4.60. The molecule has 0 atom stereocenters. The Bertz CT molecular complexity index is 456. The van der Waals surface area contributed by atoms with E-state index in [0.29, 0.717) is 15.8 Å². The number of hydrogen-bond donors (Lipinski definition) is 0. The SMILES string of the molecule is Clc1cccc(Cl)c1CSc1ncccn1. The van der Waals surface area contributed by atoms with Crippen molar-refractivity contribution >= 4 is 35.0 Å². The van der Waals surface area contributed by atoms with Gasteiger partial charge in [-0.05, 0) is 23.8 Å². The Kier molecular flexibility index (Phi) is 4.04. The highest BCUT2D eigenvalue weighted by Crippen LogP contribution is 2.29. The second-order valence-corrected chi connectivity index (χ2v) is 4.78. The zero-order valence-corrected chi connectivity index (χ0v) is 10.6. The van der Waals surface area contributed by atoms with E-state index in [1.165, 1.54) is 11.8 Å². The van der Waals surface area contributed by atoms with Crippen molar-refractivity contribution in [3.8, 4) is 0 Å². The van der Waals surface area contributed by atoms with Gasteiger partial charge < -0.3 is 0 Å².